The average molecular weight is 215 g/mol. The number of anilines is 1. The monoisotopic (exact) mass is 215 g/mol. The second kappa shape index (κ2) is 4.39. The molecule has 0 fully saturated rings. The first-order chi connectivity index (χ1) is 6.50. The molecule has 0 saturated carbocycles. The maximum atomic E-state index is 10.5. The number of carbonyl (C=O) groups is 1. The molecule has 1 aromatic heterocycles. The smallest absolute Gasteiger partial charge is 0.320 e. The van der Waals surface area contributed by atoms with Crippen LogP contribution in [0.1, 0.15) is 4.88 Å². The SMILES string of the molecule is CN(C)c1ncc(CC(N)C(=O)O)s1. The van der Waals surface area contributed by atoms with E-state index >= 15 is 0 Å². The largest absolute Gasteiger partial charge is 0.480 e. The summed E-state index contributed by atoms with van der Waals surface area (Å²) in [5.74, 6) is -0.982. The molecule has 3 N–H and O–H groups in total. The molecule has 0 bridgehead atoms. The molecule has 14 heavy (non-hydrogen) atoms. The topological polar surface area (TPSA) is 79.5 Å². The number of carboxylic acids is 1. The third kappa shape index (κ3) is 2.68. The van der Waals surface area contributed by atoms with Gasteiger partial charge in [-0.05, 0) is 0 Å². The number of aliphatic carboxylic acids is 1. The van der Waals surface area contributed by atoms with Gasteiger partial charge in [0.2, 0.25) is 0 Å². The van der Waals surface area contributed by atoms with Crippen molar-refractivity contribution in [3.8, 4) is 0 Å². The maximum Gasteiger partial charge on any atom is 0.320 e. The fourth-order valence-corrected chi connectivity index (χ4v) is 1.79. The molecule has 1 atom stereocenters. The van der Waals surface area contributed by atoms with E-state index in [9.17, 15) is 4.79 Å². The molecule has 0 aromatic carbocycles. The lowest BCUT2D eigenvalue weighted by molar-refractivity contribution is -0.138. The van der Waals surface area contributed by atoms with E-state index in [4.69, 9.17) is 10.8 Å². The van der Waals surface area contributed by atoms with Crippen molar-refractivity contribution in [3.05, 3.63) is 11.1 Å². The van der Waals surface area contributed by atoms with Crippen LogP contribution in [0.2, 0.25) is 0 Å². The highest BCUT2D eigenvalue weighted by Gasteiger charge is 2.14. The normalized spacial score (nSPS) is 12.5. The van der Waals surface area contributed by atoms with Crippen molar-refractivity contribution in [3.63, 3.8) is 0 Å². The summed E-state index contributed by atoms with van der Waals surface area (Å²) in [6, 6.07) is -0.842. The molecule has 0 aliphatic rings. The van der Waals surface area contributed by atoms with Gasteiger partial charge in [-0.1, -0.05) is 0 Å². The van der Waals surface area contributed by atoms with Crippen LogP contribution in [0.4, 0.5) is 5.13 Å². The zero-order valence-corrected chi connectivity index (χ0v) is 8.91. The Hall–Kier alpha value is -1.14. The Bertz CT molecular complexity index is 324. The maximum absolute atomic E-state index is 10.5. The standard InChI is InChI=1S/C8H13N3O2S/c1-11(2)8-10-4-5(14-8)3-6(9)7(12)13/h4,6H,3,9H2,1-2H3,(H,12,13). The van der Waals surface area contributed by atoms with Gasteiger partial charge < -0.3 is 15.7 Å². The second-order valence-electron chi connectivity index (χ2n) is 3.15. The Morgan fingerprint density at radius 1 is 1.79 bits per heavy atom. The number of nitrogens with zero attached hydrogens (tertiary/aromatic N) is 2. The van der Waals surface area contributed by atoms with Crippen LogP contribution in [0.5, 0.6) is 0 Å². The molecule has 0 aliphatic carbocycles. The summed E-state index contributed by atoms with van der Waals surface area (Å²) in [6.45, 7) is 0. The zero-order chi connectivity index (χ0) is 10.7. The highest BCUT2D eigenvalue weighted by Crippen LogP contribution is 2.21. The Morgan fingerprint density at radius 2 is 2.43 bits per heavy atom. The highest BCUT2D eigenvalue weighted by atomic mass is 32.1. The Morgan fingerprint density at radius 3 is 2.86 bits per heavy atom. The van der Waals surface area contributed by atoms with E-state index in [-0.39, 0.29) is 0 Å². The Labute approximate surface area is 86.2 Å². The summed E-state index contributed by atoms with van der Waals surface area (Å²) < 4.78 is 0. The first kappa shape index (κ1) is 10.9. The third-order valence-electron chi connectivity index (χ3n) is 1.66. The molecule has 0 saturated heterocycles. The van der Waals surface area contributed by atoms with E-state index in [0.717, 1.165) is 10.0 Å². The summed E-state index contributed by atoms with van der Waals surface area (Å²) in [7, 11) is 3.78. The Balaban J connectivity index is 2.64. The van der Waals surface area contributed by atoms with Crippen LogP contribution in [0.15, 0.2) is 6.20 Å². The van der Waals surface area contributed by atoms with Crippen LogP contribution in [-0.4, -0.2) is 36.2 Å². The third-order valence-corrected chi connectivity index (χ3v) is 2.85. The van der Waals surface area contributed by atoms with Crippen molar-refractivity contribution in [2.45, 2.75) is 12.5 Å². The average Bonchev–Trinajstić information content (AvgIpc) is 2.52. The van der Waals surface area contributed by atoms with Gasteiger partial charge in [-0.3, -0.25) is 4.79 Å². The minimum atomic E-state index is -0.982. The molecule has 0 amide bonds. The Kier molecular flexibility index (Phi) is 3.43. The van der Waals surface area contributed by atoms with Crippen LogP contribution in [0.25, 0.3) is 0 Å². The molecule has 0 aliphatic heterocycles. The summed E-state index contributed by atoms with van der Waals surface area (Å²) >= 11 is 1.46. The van der Waals surface area contributed by atoms with E-state index in [1.807, 2.05) is 19.0 Å². The van der Waals surface area contributed by atoms with E-state index < -0.39 is 12.0 Å². The molecule has 1 heterocycles. The minimum absolute atomic E-state index is 0.334. The van der Waals surface area contributed by atoms with Gasteiger partial charge in [0.1, 0.15) is 6.04 Å². The predicted molar refractivity (Wildman–Crippen MR) is 55.8 cm³/mol. The summed E-state index contributed by atoms with van der Waals surface area (Å²) in [4.78, 5) is 17.4. The fraction of sp³-hybridized carbons (Fsp3) is 0.500. The number of carboxylic acid groups (broad SMARTS) is 1. The second-order valence-corrected chi connectivity index (χ2v) is 4.25. The van der Waals surface area contributed by atoms with Crippen molar-refractivity contribution >= 4 is 22.4 Å². The van der Waals surface area contributed by atoms with E-state index in [1.165, 1.54) is 11.3 Å². The first-order valence-electron chi connectivity index (χ1n) is 4.11. The molecule has 5 nitrogen and oxygen atoms in total. The molecule has 6 heteroatoms. The quantitative estimate of drug-likeness (QED) is 0.748. The number of aromatic nitrogens is 1. The van der Waals surface area contributed by atoms with Crippen LogP contribution in [-0.2, 0) is 11.2 Å². The van der Waals surface area contributed by atoms with Gasteiger partial charge in [0.05, 0.1) is 0 Å². The summed E-state index contributed by atoms with van der Waals surface area (Å²) in [5.41, 5.74) is 5.40. The van der Waals surface area contributed by atoms with Crippen LogP contribution < -0.4 is 10.6 Å². The van der Waals surface area contributed by atoms with Crippen LogP contribution >= 0.6 is 11.3 Å². The van der Waals surface area contributed by atoms with Crippen molar-refractivity contribution in [2.24, 2.45) is 5.73 Å². The van der Waals surface area contributed by atoms with Gasteiger partial charge in [0, 0.05) is 31.6 Å². The highest BCUT2D eigenvalue weighted by molar-refractivity contribution is 7.15. The summed E-state index contributed by atoms with van der Waals surface area (Å²) in [6.07, 6.45) is 2.00. The number of hydrogen-bond donors (Lipinski definition) is 2. The van der Waals surface area contributed by atoms with Crippen molar-refractivity contribution in [1.82, 2.24) is 4.98 Å². The molecule has 78 valence electrons. The lowest BCUT2D eigenvalue weighted by atomic mass is 10.2. The van der Waals surface area contributed by atoms with Gasteiger partial charge in [0.25, 0.3) is 0 Å². The number of thiazole rings is 1. The number of hydrogen-bond acceptors (Lipinski definition) is 5. The molecule has 1 aromatic rings. The van der Waals surface area contributed by atoms with Crippen LogP contribution in [0.3, 0.4) is 0 Å². The van der Waals surface area contributed by atoms with Crippen LogP contribution in [0, 0.1) is 0 Å². The minimum Gasteiger partial charge on any atom is -0.480 e. The lowest BCUT2D eigenvalue weighted by Crippen LogP contribution is -2.31. The molecule has 1 unspecified atom stereocenters. The van der Waals surface area contributed by atoms with Gasteiger partial charge >= 0.3 is 5.97 Å². The molecular formula is C8H13N3O2S. The van der Waals surface area contributed by atoms with E-state index in [2.05, 4.69) is 4.98 Å². The van der Waals surface area contributed by atoms with Gasteiger partial charge in [0.15, 0.2) is 5.13 Å². The lowest BCUT2D eigenvalue weighted by Gasteiger charge is -2.05. The first-order valence-corrected chi connectivity index (χ1v) is 4.92. The van der Waals surface area contributed by atoms with E-state index in [1.54, 1.807) is 6.20 Å². The number of rotatable bonds is 4. The predicted octanol–water partition coefficient (Wildman–Crippen LogP) is 0.164. The molecular weight excluding hydrogens is 202 g/mol. The molecule has 0 spiro atoms. The number of nitrogens with two attached hydrogens (primary N) is 1. The van der Waals surface area contributed by atoms with Gasteiger partial charge in [-0.25, -0.2) is 4.98 Å². The van der Waals surface area contributed by atoms with Gasteiger partial charge in [-0.2, -0.15) is 0 Å². The zero-order valence-electron chi connectivity index (χ0n) is 8.10. The van der Waals surface area contributed by atoms with Gasteiger partial charge in [-0.15, -0.1) is 11.3 Å². The van der Waals surface area contributed by atoms with E-state index in [0.29, 0.717) is 6.42 Å². The van der Waals surface area contributed by atoms with Crippen molar-refractivity contribution in [2.75, 3.05) is 19.0 Å². The summed E-state index contributed by atoms with van der Waals surface area (Å²) in [5, 5.41) is 9.47. The molecule has 1 rings (SSSR count). The van der Waals surface area contributed by atoms with Crippen molar-refractivity contribution < 1.29 is 9.90 Å². The van der Waals surface area contributed by atoms with Crippen molar-refractivity contribution in [1.29, 1.82) is 0 Å². The fourth-order valence-electron chi connectivity index (χ4n) is 0.902. The molecule has 0 radical (unpaired) electrons.